The Labute approximate surface area is 210 Å². The fourth-order valence-electron chi connectivity index (χ4n) is 4.23. The third kappa shape index (κ3) is 5.25. The third-order valence-electron chi connectivity index (χ3n) is 6.23. The highest BCUT2D eigenvalue weighted by molar-refractivity contribution is 5.96. The molecule has 0 unspecified atom stereocenters. The van der Waals surface area contributed by atoms with E-state index in [2.05, 4.69) is 19.2 Å². The number of nitrogens with zero attached hydrogens (tertiary/aromatic N) is 2. The van der Waals surface area contributed by atoms with Gasteiger partial charge < -0.3 is 15.2 Å². The largest absolute Gasteiger partial charge is 0.478 e. The summed E-state index contributed by atoms with van der Waals surface area (Å²) in [5, 5.41) is 12.4. The van der Waals surface area contributed by atoms with Gasteiger partial charge in [-0.2, -0.15) is 0 Å². The van der Waals surface area contributed by atoms with Crippen molar-refractivity contribution in [3.05, 3.63) is 94.9 Å². The predicted octanol–water partition coefficient (Wildman–Crippen LogP) is 6.19. The van der Waals surface area contributed by atoms with Gasteiger partial charge >= 0.3 is 12.1 Å². The van der Waals surface area contributed by atoms with Gasteiger partial charge in [-0.1, -0.05) is 68.8 Å². The first-order chi connectivity index (χ1) is 17.4. The van der Waals surface area contributed by atoms with E-state index in [-0.39, 0.29) is 5.56 Å². The van der Waals surface area contributed by atoms with Crippen molar-refractivity contribution in [1.82, 2.24) is 14.7 Å². The minimum atomic E-state index is -0.978. The SMILES string of the molecule is CCCCNC(=O)O[C@H](c1ccc(-c2ccccc2C(=O)O)cc1)c1ccc(C)c2nc(CC)cn12. The quantitative estimate of drug-likeness (QED) is 0.276. The zero-order valence-electron chi connectivity index (χ0n) is 20.8. The van der Waals surface area contributed by atoms with Crippen LogP contribution >= 0.6 is 0 Å². The van der Waals surface area contributed by atoms with Crippen molar-refractivity contribution >= 4 is 17.7 Å². The molecule has 0 fully saturated rings. The van der Waals surface area contributed by atoms with Crippen LogP contribution in [0.2, 0.25) is 0 Å². The van der Waals surface area contributed by atoms with E-state index in [0.717, 1.165) is 53.0 Å². The molecule has 1 atom stereocenters. The van der Waals surface area contributed by atoms with E-state index in [0.29, 0.717) is 12.1 Å². The second kappa shape index (κ2) is 11.1. The summed E-state index contributed by atoms with van der Waals surface area (Å²) in [6.07, 6.45) is 3.45. The number of pyridine rings is 1. The van der Waals surface area contributed by atoms with E-state index in [1.165, 1.54) is 0 Å². The number of benzene rings is 2. The number of aromatic carboxylic acids is 1. The van der Waals surface area contributed by atoms with Crippen molar-refractivity contribution < 1.29 is 19.4 Å². The van der Waals surface area contributed by atoms with Crippen LogP contribution in [0.25, 0.3) is 16.8 Å². The molecule has 1 amide bonds. The van der Waals surface area contributed by atoms with Crippen molar-refractivity contribution in [3.63, 3.8) is 0 Å². The van der Waals surface area contributed by atoms with Crippen LogP contribution < -0.4 is 5.32 Å². The first kappa shape index (κ1) is 25.0. The number of nitrogens with one attached hydrogen (secondary N) is 1. The third-order valence-corrected chi connectivity index (χ3v) is 6.23. The number of ether oxygens (including phenoxy) is 1. The molecule has 2 N–H and O–H groups in total. The highest BCUT2D eigenvalue weighted by atomic mass is 16.6. The lowest BCUT2D eigenvalue weighted by molar-refractivity contribution is 0.0697. The number of hydrogen-bond acceptors (Lipinski definition) is 4. The van der Waals surface area contributed by atoms with Crippen LogP contribution in [0.15, 0.2) is 66.9 Å². The second-order valence-corrected chi connectivity index (χ2v) is 8.76. The molecular weight excluding hydrogens is 454 g/mol. The molecule has 7 heteroatoms. The molecule has 0 aliphatic carbocycles. The zero-order chi connectivity index (χ0) is 25.7. The van der Waals surface area contributed by atoms with Gasteiger partial charge in [-0.05, 0) is 54.2 Å². The average Bonchev–Trinajstić information content (AvgIpc) is 3.34. The lowest BCUT2D eigenvalue weighted by atomic mass is 9.97. The molecule has 36 heavy (non-hydrogen) atoms. The average molecular weight is 486 g/mol. The number of carbonyl (C=O) groups excluding carboxylic acids is 1. The van der Waals surface area contributed by atoms with Gasteiger partial charge in [0, 0.05) is 12.7 Å². The Kier molecular flexibility index (Phi) is 7.68. The molecular formula is C29H31N3O4. The van der Waals surface area contributed by atoms with Gasteiger partial charge in [0.05, 0.1) is 17.0 Å². The van der Waals surface area contributed by atoms with Crippen molar-refractivity contribution in [2.75, 3.05) is 6.54 Å². The number of amides is 1. The van der Waals surface area contributed by atoms with Crippen LogP contribution in [0.3, 0.4) is 0 Å². The maximum absolute atomic E-state index is 12.7. The number of carboxylic acid groups (broad SMARTS) is 1. The van der Waals surface area contributed by atoms with Crippen LogP contribution in [-0.4, -0.2) is 33.1 Å². The standard InChI is InChI=1S/C29H31N3O4/c1-4-6-17-30-29(35)36-26(25-16-11-19(3)27-31-22(5-2)18-32(25)27)21-14-12-20(13-15-21)23-9-7-8-10-24(23)28(33)34/h7-16,18,26H,4-6,17H2,1-3H3,(H,30,35)(H,33,34)/t26-/m1/s1. The molecule has 0 aliphatic rings. The maximum atomic E-state index is 12.7. The Morgan fingerprint density at radius 3 is 2.50 bits per heavy atom. The molecule has 4 aromatic rings. The predicted molar refractivity (Wildman–Crippen MR) is 139 cm³/mol. The van der Waals surface area contributed by atoms with Crippen LogP contribution in [0.4, 0.5) is 4.79 Å². The summed E-state index contributed by atoms with van der Waals surface area (Å²) < 4.78 is 7.97. The van der Waals surface area contributed by atoms with Gasteiger partial charge in [-0.25, -0.2) is 14.6 Å². The molecule has 2 heterocycles. The highest BCUT2D eigenvalue weighted by Gasteiger charge is 2.23. The summed E-state index contributed by atoms with van der Waals surface area (Å²) >= 11 is 0. The lowest BCUT2D eigenvalue weighted by Gasteiger charge is -2.21. The highest BCUT2D eigenvalue weighted by Crippen LogP contribution is 2.31. The number of aromatic nitrogens is 2. The van der Waals surface area contributed by atoms with Gasteiger partial charge in [0.25, 0.3) is 0 Å². The molecule has 0 saturated carbocycles. The number of carbonyl (C=O) groups is 2. The first-order valence-corrected chi connectivity index (χ1v) is 12.3. The van der Waals surface area contributed by atoms with E-state index < -0.39 is 18.2 Å². The van der Waals surface area contributed by atoms with Crippen LogP contribution in [0.1, 0.15) is 65.7 Å². The maximum Gasteiger partial charge on any atom is 0.408 e. The number of imidazole rings is 1. The molecule has 2 aromatic heterocycles. The molecule has 0 bridgehead atoms. The summed E-state index contributed by atoms with van der Waals surface area (Å²) in [6.45, 7) is 6.67. The Morgan fingerprint density at radius 1 is 1.06 bits per heavy atom. The Balaban J connectivity index is 1.75. The topological polar surface area (TPSA) is 92.9 Å². The molecule has 0 spiro atoms. The molecule has 186 valence electrons. The summed E-state index contributed by atoms with van der Waals surface area (Å²) in [6, 6.07) is 18.3. The molecule has 0 radical (unpaired) electrons. The second-order valence-electron chi connectivity index (χ2n) is 8.76. The Hall–Kier alpha value is -4.13. The summed E-state index contributed by atoms with van der Waals surface area (Å²) in [5.41, 5.74) is 6.01. The van der Waals surface area contributed by atoms with Gasteiger partial charge in [-0.15, -0.1) is 0 Å². The Bertz CT molecular complexity index is 1380. The first-order valence-electron chi connectivity index (χ1n) is 12.3. The van der Waals surface area contributed by atoms with E-state index in [1.807, 2.05) is 60.0 Å². The summed E-state index contributed by atoms with van der Waals surface area (Å²) in [7, 11) is 0. The number of unbranched alkanes of at least 4 members (excludes halogenated alkanes) is 1. The van der Waals surface area contributed by atoms with Crippen molar-refractivity contribution in [2.24, 2.45) is 0 Å². The van der Waals surface area contributed by atoms with Crippen molar-refractivity contribution in [1.29, 1.82) is 0 Å². The number of rotatable bonds is 9. The number of alkyl carbamates (subject to hydrolysis) is 1. The summed E-state index contributed by atoms with van der Waals surface area (Å²) in [5.74, 6) is -0.978. The minimum Gasteiger partial charge on any atom is -0.478 e. The molecule has 0 saturated heterocycles. The van der Waals surface area contributed by atoms with Crippen LogP contribution in [-0.2, 0) is 11.2 Å². The van der Waals surface area contributed by atoms with Gasteiger partial charge in [0.2, 0.25) is 0 Å². The Morgan fingerprint density at radius 2 is 1.81 bits per heavy atom. The number of fused-ring (bicyclic) bond motifs is 1. The zero-order valence-corrected chi connectivity index (χ0v) is 20.8. The molecule has 0 aliphatic heterocycles. The van der Waals surface area contributed by atoms with Gasteiger partial charge in [0.1, 0.15) is 5.65 Å². The van der Waals surface area contributed by atoms with Gasteiger partial charge in [0.15, 0.2) is 6.10 Å². The van der Waals surface area contributed by atoms with E-state index >= 15 is 0 Å². The van der Waals surface area contributed by atoms with Crippen molar-refractivity contribution in [3.8, 4) is 11.1 Å². The number of aryl methyl sites for hydroxylation is 2. The minimum absolute atomic E-state index is 0.235. The van der Waals surface area contributed by atoms with E-state index in [4.69, 9.17) is 9.72 Å². The van der Waals surface area contributed by atoms with Gasteiger partial charge in [-0.3, -0.25) is 4.40 Å². The van der Waals surface area contributed by atoms with Crippen LogP contribution in [0, 0.1) is 6.92 Å². The number of hydrogen-bond donors (Lipinski definition) is 2. The normalized spacial score (nSPS) is 11.9. The van der Waals surface area contributed by atoms with Crippen LogP contribution in [0.5, 0.6) is 0 Å². The molecule has 4 rings (SSSR count). The van der Waals surface area contributed by atoms with E-state index in [9.17, 15) is 14.7 Å². The summed E-state index contributed by atoms with van der Waals surface area (Å²) in [4.78, 5) is 29.2. The van der Waals surface area contributed by atoms with Crippen molar-refractivity contribution in [2.45, 2.75) is 46.1 Å². The lowest BCUT2D eigenvalue weighted by Crippen LogP contribution is -2.28. The number of carboxylic acids is 1. The smallest absolute Gasteiger partial charge is 0.408 e. The monoisotopic (exact) mass is 485 g/mol. The molecule has 2 aromatic carbocycles. The fourth-order valence-corrected chi connectivity index (χ4v) is 4.23. The fraction of sp³-hybridized carbons (Fsp3) is 0.276. The molecule has 7 nitrogen and oxygen atoms in total. The van der Waals surface area contributed by atoms with E-state index in [1.54, 1.807) is 18.2 Å².